The maximum atomic E-state index is 11.5. The van der Waals surface area contributed by atoms with Crippen LogP contribution < -0.4 is 5.32 Å². The van der Waals surface area contributed by atoms with Gasteiger partial charge in [-0.05, 0) is 19.8 Å². The van der Waals surface area contributed by atoms with Gasteiger partial charge in [0.2, 0.25) is 0 Å². The van der Waals surface area contributed by atoms with Crippen molar-refractivity contribution in [3.8, 4) is 0 Å². The summed E-state index contributed by atoms with van der Waals surface area (Å²) in [6.07, 6.45) is 1.64. The Hall–Kier alpha value is -1.04. The molecule has 0 aliphatic carbocycles. The van der Waals surface area contributed by atoms with Crippen LogP contribution in [-0.2, 0) is 16.9 Å². The number of hydrogen-bond donors (Lipinski definition) is 1. The highest BCUT2D eigenvalue weighted by Crippen LogP contribution is 2.17. The van der Waals surface area contributed by atoms with Gasteiger partial charge in [0, 0.05) is 24.8 Å². The van der Waals surface area contributed by atoms with E-state index in [1.54, 1.807) is 4.68 Å². The van der Waals surface area contributed by atoms with E-state index in [0.29, 0.717) is 5.75 Å². The lowest BCUT2D eigenvalue weighted by molar-refractivity contribution is 0.561. The molecular weight excluding hydrogens is 226 g/mol. The van der Waals surface area contributed by atoms with Crippen molar-refractivity contribution in [3.63, 3.8) is 0 Å². The lowest BCUT2D eigenvalue weighted by Crippen LogP contribution is -2.34. The molecule has 2 rings (SSSR count). The quantitative estimate of drug-likeness (QED) is 0.831. The fraction of sp³-hybridized carbons (Fsp3) is 0.700. The molecular formula is C10H17N3O2S. The molecule has 1 aliphatic rings. The number of sulfone groups is 1. The minimum absolute atomic E-state index is 0.00745. The van der Waals surface area contributed by atoms with E-state index >= 15 is 0 Å². The summed E-state index contributed by atoms with van der Waals surface area (Å²) in [5.74, 6) is 1.32. The number of nitrogens with zero attached hydrogens (tertiary/aromatic N) is 2. The van der Waals surface area contributed by atoms with Crippen molar-refractivity contribution in [1.82, 2.24) is 9.78 Å². The van der Waals surface area contributed by atoms with Gasteiger partial charge in [0.1, 0.15) is 5.82 Å². The second-order valence-corrected chi connectivity index (χ2v) is 6.62. The molecule has 0 bridgehead atoms. The number of hydrogen-bond acceptors (Lipinski definition) is 4. The van der Waals surface area contributed by atoms with E-state index in [4.69, 9.17) is 0 Å². The largest absolute Gasteiger partial charge is 0.365 e. The predicted molar refractivity (Wildman–Crippen MR) is 63.2 cm³/mol. The molecule has 0 aromatic carbocycles. The van der Waals surface area contributed by atoms with E-state index in [1.165, 1.54) is 0 Å². The Labute approximate surface area is 95.8 Å². The summed E-state index contributed by atoms with van der Waals surface area (Å²) in [6, 6.07) is 1.94. The average molecular weight is 243 g/mol. The molecule has 1 N–H and O–H groups in total. The van der Waals surface area contributed by atoms with Gasteiger partial charge < -0.3 is 5.32 Å². The van der Waals surface area contributed by atoms with Gasteiger partial charge >= 0.3 is 0 Å². The first-order valence-electron chi connectivity index (χ1n) is 5.44. The first-order valence-corrected chi connectivity index (χ1v) is 7.26. The van der Waals surface area contributed by atoms with E-state index in [-0.39, 0.29) is 11.8 Å². The zero-order valence-electron chi connectivity index (χ0n) is 9.60. The van der Waals surface area contributed by atoms with Gasteiger partial charge in [-0.15, -0.1) is 0 Å². The van der Waals surface area contributed by atoms with Crippen LogP contribution in [0, 0.1) is 6.92 Å². The molecule has 5 nitrogen and oxygen atoms in total. The summed E-state index contributed by atoms with van der Waals surface area (Å²) in [5.41, 5.74) is 1.06. The molecule has 0 amide bonds. The highest BCUT2D eigenvalue weighted by Gasteiger charge is 2.24. The van der Waals surface area contributed by atoms with Gasteiger partial charge in [0.25, 0.3) is 0 Å². The second kappa shape index (κ2) is 4.08. The Balaban J connectivity index is 2.05. The normalized spacial score (nSPS) is 24.2. The zero-order valence-corrected chi connectivity index (χ0v) is 10.4. The SMILES string of the molecule is Cc1cc(NC2CCCS(=O)(=O)C2)nn1C. The van der Waals surface area contributed by atoms with Crippen LogP contribution in [0.5, 0.6) is 0 Å². The van der Waals surface area contributed by atoms with Crippen molar-refractivity contribution in [1.29, 1.82) is 0 Å². The minimum atomic E-state index is -2.85. The lowest BCUT2D eigenvalue weighted by Gasteiger charge is -2.22. The first kappa shape index (κ1) is 11.4. The Morgan fingerprint density at radius 1 is 1.56 bits per heavy atom. The molecule has 1 aromatic heterocycles. The van der Waals surface area contributed by atoms with Gasteiger partial charge in [-0.25, -0.2) is 8.42 Å². The number of rotatable bonds is 2. The van der Waals surface area contributed by atoms with E-state index in [1.807, 2.05) is 20.0 Å². The Morgan fingerprint density at radius 2 is 2.31 bits per heavy atom. The summed E-state index contributed by atoms with van der Waals surface area (Å²) in [6.45, 7) is 1.97. The molecule has 0 spiro atoms. The monoisotopic (exact) mass is 243 g/mol. The van der Waals surface area contributed by atoms with Crippen molar-refractivity contribution in [2.45, 2.75) is 25.8 Å². The van der Waals surface area contributed by atoms with Gasteiger partial charge in [0.15, 0.2) is 9.84 Å². The maximum Gasteiger partial charge on any atom is 0.152 e. The van der Waals surface area contributed by atoms with E-state index in [2.05, 4.69) is 10.4 Å². The third-order valence-electron chi connectivity index (χ3n) is 2.93. The topological polar surface area (TPSA) is 64.0 Å². The van der Waals surface area contributed by atoms with Gasteiger partial charge in [-0.1, -0.05) is 0 Å². The van der Waals surface area contributed by atoms with Crippen molar-refractivity contribution in [3.05, 3.63) is 11.8 Å². The number of aromatic nitrogens is 2. The summed E-state index contributed by atoms with van der Waals surface area (Å²) in [4.78, 5) is 0. The van der Waals surface area contributed by atoms with Crippen molar-refractivity contribution >= 4 is 15.7 Å². The van der Waals surface area contributed by atoms with Crippen LogP contribution in [0.4, 0.5) is 5.82 Å². The van der Waals surface area contributed by atoms with Gasteiger partial charge in [-0.3, -0.25) is 4.68 Å². The molecule has 1 aliphatic heterocycles. The third-order valence-corrected chi connectivity index (χ3v) is 4.75. The Kier molecular flexibility index (Phi) is 2.92. The maximum absolute atomic E-state index is 11.5. The van der Waals surface area contributed by atoms with Gasteiger partial charge in [0.05, 0.1) is 11.5 Å². The van der Waals surface area contributed by atoms with E-state index in [9.17, 15) is 8.42 Å². The predicted octanol–water partition coefficient (Wildman–Crippen LogP) is 0.718. The standard InChI is InChI=1S/C10H17N3O2S/c1-8-6-10(12-13(8)2)11-9-4-3-5-16(14,15)7-9/h6,9H,3-5,7H2,1-2H3,(H,11,12). The molecule has 16 heavy (non-hydrogen) atoms. The molecule has 1 atom stereocenters. The highest BCUT2D eigenvalue weighted by molar-refractivity contribution is 7.91. The van der Waals surface area contributed by atoms with Crippen LogP contribution in [0.3, 0.4) is 0 Å². The lowest BCUT2D eigenvalue weighted by atomic mass is 10.2. The third kappa shape index (κ3) is 2.55. The van der Waals surface area contributed by atoms with Crippen LogP contribution in [0.2, 0.25) is 0 Å². The summed E-state index contributed by atoms with van der Waals surface area (Å²) in [5, 5.41) is 7.45. The van der Waals surface area contributed by atoms with Gasteiger partial charge in [-0.2, -0.15) is 5.10 Å². The van der Waals surface area contributed by atoms with E-state index < -0.39 is 9.84 Å². The molecule has 1 fully saturated rings. The average Bonchev–Trinajstić information content (AvgIpc) is 2.43. The molecule has 6 heteroatoms. The Bertz CT molecular complexity index is 459. The van der Waals surface area contributed by atoms with Crippen molar-refractivity contribution in [2.75, 3.05) is 16.8 Å². The fourth-order valence-electron chi connectivity index (χ4n) is 1.98. The molecule has 1 unspecified atom stereocenters. The number of aryl methyl sites for hydroxylation is 2. The molecule has 90 valence electrons. The number of nitrogens with one attached hydrogen (secondary N) is 1. The summed E-state index contributed by atoms with van der Waals surface area (Å²) < 4.78 is 24.7. The smallest absolute Gasteiger partial charge is 0.152 e. The first-order chi connectivity index (χ1) is 7.46. The van der Waals surface area contributed by atoms with Crippen molar-refractivity contribution in [2.24, 2.45) is 7.05 Å². The van der Waals surface area contributed by atoms with Crippen LogP contribution in [-0.4, -0.2) is 35.7 Å². The molecule has 1 saturated heterocycles. The molecule has 2 heterocycles. The van der Waals surface area contributed by atoms with Crippen LogP contribution in [0.25, 0.3) is 0 Å². The van der Waals surface area contributed by atoms with E-state index in [0.717, 1.165) is 24.4 Å². The number of anilines is 1. The fourth-order valence-corrected chi connectivity index (χ4v) is 3.61. The van der Waals surface area contributed by atoms with Crippen LogP contribution in [0.15, 0.2) is 6.07 Å². The summed E-state index contributed by atoms with van der Waals surface area (Å²) >= 11 is 0. The van der Waals surface area contributed by atoms with Crippen LogP contribution >= 0.6 is 0 Å². The molecule has 1 aromatic rings. The zero-order chi connectivity index (χ0) is 11.8. The molecule has 0 radical (unpaired) electrons. The van der Waals surface area contributed by atoms with Crippen molar-refractivity contribution < 1.29 is 8.42 Å². The second-order valence-electron chi connectivity index (χ2n) is 4.39. The highest BCUT2D eigenvalue weighted by atomic mass is 32.2. The summed E-state index contributed by atoms with van der Waals surface area (Å²) in [7, 11) is -0.979. The molecule has 0 saturated carbocycles. The minimum Gasteiger partial charge on any atom is -0.365 e. The van der Waals surface area contributed by atoms with Crippen LogP contribution in [0.1, 0.15) is 18.5 Å². The Morgan fingerprint density at radius 3 is 2.88 bits per heavy atom.